The van der Waals surface area contributed by atoms with Crippen LogP contribution in [-0.4, -0.2) is 25.7 Å². The molecule has 0 rings (SSSR count). The number of Topliss-reactive ketones (excluding diaryl/α,β-unsaturated/α-hetero) is 1. The van der Waals surface area contributed by atoms with Gasteiger partial charge in [0, 0.05) is 5.41 Å². The van der Waals surface area contributed by atoms with Crippen molar-refractivity contribution in [2.75, 3.05) is 11.5 Å². The molecule has 0 aliphatic carbocycles. The van der Waals surface area contributed by atoms with Crippen LogP contribution in [0.4, 0.5) is 0 Å². The minimum atomic E-state index is -3.19. The molecule has 0 aromatic rings. The summed E-state index contributed by atoms with van der Waals surface area (Å²) in [6.07, 6.45) is 2.56. The van der Waals surface area contributed by atoms with Crippen molar-refractivity contribution >= 4 is 15.6 Å². The molecule has 0 spiro atoms. The Morgan fingerprint density at radius 2 is 1.67 bits per heavy atom. The molecule has 0 amide bonds. The average molecular weight is 234 g/mol. The van der Waals surface area contributed by atoms with Crippen LogP contribution in [0.1, 0.15) is 47.0 Å². The molecule has 4 heteroatoms. The molecule has 0 atom stereocenters. The highest BCUT2D eigenvalue weighted by molar-refractivity contribution is 7.92. The lowest BCUT2D eigenvalue weighted by Crippen LogP contribution is -2.29. The van der Waals surface area contributed by atoms with Crippen molar-refractivity contribution in [1.29, 1.82) is 0 Å². The molecule has 90 valence electrons. The molecular formula is C11H22O3S. The Morgan fingerprint density at radius 1 is 1.13 bits per heavy atom. The summed E-state index contributed by atoms with van der Waals surface area (Å²) in [6.45, 7) is 7.26. The van der Waals surface area contributed by atoms with Gasteiger partial charge < -0.3 is 0 Å². The highest BCUT2D eigenvalue weighted by Crippen LogP contribution is 2.16. The second kappa shape index (κ2) is 5.64. The van der Waals surface area contributed by atoms with E-state index in [1.54, 1.807) is 20.8 Å². The van der Waals surface area contributed by atoms with E-state index in [2.05, 4.69) is 0 Å². The third-order valence-electron chi connectivity index (χ3n) is 2.25. The van der Waals surface area contributed by atoms with E-state index >= 15 is 0 Å². The van der Waals surface area contributed by atoms with Gasteiger partial charge in [-0.2, -0.15) is 0 Å². The first-order valence-corrected chi connectivity index (χ1v) is 7.25. The predicted octanol–water partition coefficient (Wildman–Crippen LogP) is 2.21. The first-order chi connectivity index (χ1) is 6.69. The van der Waals surface area contributed by atoms with Gasteiger partial charge >= 0.3 is 0 Å². The Balaban J connectivity index is 4.22. The summed E-state index contributed by atoms with van der Waals surface area (Å²) in [4.78, 5) is 11.5. The van der Waals surface area contributed by atoms with Crippen LogP contribution in [0.25, 0.3) is 0 Å². The van der Waals surface area contributed by atoms with Gasteiger partial charge in [0.15, 0.2) is 15.6 Å². The molecule has 0 heterocycles. The highest BCUT2D eigenvalue weighted by Gasteiger charge is 2.26. The average Bonchev–Trinajstić information content (AvgIpc) is 2.01. The minimum Gasteiger partial charge on any atom is -0.298 e. The Labute approximate surface area is 93.2 Å². The second-order valence-electron chi connectivity index (χ2n) is 4.97. The lowest BCUT2D eigenvalue weighted by atomic mass is 9.92. The molecule has 0 saturated carbocycles. The van der Waals surface area contributed by atoms with Gasteiger partial charge in [0.05, 0.1) is 5.75 Å². The molecule has 0 aromatic carbocycles. The molecular weight excluding hydrogens is 212 g/mol. The summed E-state index contributed by atoms with van der Waals surface area (Å²) in [6, 6.07) is 0. The van der Waals surface area contributed by atoms with Crippen molar-refractivity contribution in [3.8, 4) is 0 Å². The maximum atomic E-state index is 11.5. The quantitative estimate of drug-likeness (QED) is 0.662. The molecule has 0 bridgehead atoms. The number of carbonyl (C=O) groups is 1. The number of carbonyl (C=O) groups excluding carboxylic acids is 1. The molecule has 0 fully saturated rings. The summed E-state index contributed by atoms with van der Waals surface area (Å²) in [5, 5.41) is 0. The van der Waals surface area contributed by atoms with Crippen LogP contribution in [-0.2, 0) is 14.6 Å². The van der Waals surface area contributed by atoms with Crippen molar-refractivity contribution in [1.82, 2.24) is 0 Å². The van der Waals surface area contributed by atoms with Crippen LogP contribution >= 0.6 is 0 Å². The van der Waals surface area contributed by atoms with E-state index in [-0.39, 0.29) is 17.3 Å². The van der Waals surface area contributed by atoms with Crippen LogP contribution in [0, 0.1) is 5.41 Å². The Hall–Kier alpha value is -0.380. The fourth-order valence-electron chi connectivity index (χ4n) is 1.06. The van der Waals surface area contributed by atoms with E-state index in [0.717, 1.165) is 12.8 Å². The zero-order valence-electron chi connectivity index (χ0n) is 10.2. The lowest BCUT2D eigenvalue weighted by molar-refractivity contribution is -0.123. The van der Waals surface area contributed by atoms with Gasteiger partial charge in [0.25, 0.3) is 0 Å². The summed E-state index contributed by atoms with van der Waals surface area (Å²) >= 11 is 0. The molecule has 0 unspecified atom stereocenters. The first kappa shape index (κ1) is 14.6. The largest absolute Gasteiger partial charge is 0.298 e. The van der Waals surface area contributed by atoms with Crippen LogP contribution in [0.2, 0.25) is 0 Å². The fourth-order valence-corrected chi connectivity index (χ4v) is 2.68. The van der Waals surface area contributed by atoms with E-state index in [0.29, 0.717) is 6.42 Å². The summed E-state index contributed by atoms with van der Waals surface area (Å²) in [5.74, 6) is -0.359. The number of hydrogen-bond donors (Lipinski definition) is 0. The van der Waals surface area contributed by atoms with Gasteiger partial charge in [-0.15, -0.1) is 0 Å². The molecule has 15 heavy (non-hydrogen) atoms. The van der Waals surface area contributed by atoms with Crippen LogP contribution in [0.3, 0.4) is 0 Å². The summed E-state index contributed by atoms with van der Waals surface area (Å²) in [7, 11) is -3.19. The maximum Gasteiger partial charge on any atom is 0.157 e. The van der Waals surface area contributed by atoms with Crippen LogP contribution < -0.4 is 0 Å². The van der Waals surface area contributed by atoms with Gasteiger partial charge in [-0.1, -0.05) is 40.5 Å². The smallest absolute Gasteiger partial charge is 0.157 e. The number of unbranched alkanes of at least 4 members (excludes halogenated alkanes) is 2. The molecule has 0 radical (unpaired) electrons. The van der Waals surface area contributed by atoms with Crippen LogP contribution in [0.5, 0.6) is 0 Å². The third kappa shape index (κ3) is 6.66. The Bertz CT molecular complexity index is 296. The number of hydrogen-bond acceptors (Lipinski definition) is 3. The summed E-state index contributed by atoms with van der Waals surface area (Å²) < 4.78 is 23.1. The molecule has 3 nitrogen and oxygen atoms in total. The molecule has 0 aliphatic rings. The van der Waals surface area contributed by atoms with Gasteiger partial charge in [-0.3, -0.25) is 4.79 Å². The Morgan fingerprint density at radius 3 is 2.07 bits per heavy atom. The maximum absolute atomic E-state index is 11.5. The topological polar surface area (TPSA) is 51.2 Å². The second-order valence-corrected chi connectivity index (χ2v) is 7.16. The molecule has 0 aromatic heterocycles. The van der Waals surface area contributed by atoms with Crippen LogP contribution in [0.15, 0.2) is 0 Å². The number of ketones is 1. The van der Waals surface area contributed by atoms with E-state index in [1.165, 1.54) is 0 Å². The fraction of sp³-hybridized carbons (Fsp3) is 0.909. The van der Waals surface area contributed by atoms with Crippen molar-refractivity contribution in [2.24, 2.45) is 5.41 Å². The number of rotatable bonds is 6. The van der Waals surface area contributed by atoms with Crippen molar-refractivity contribution in [3.05, 3.63) is 0 Å². The van der Waals surface area contributed by atoms with E-state index < -0.39 is 15.3 Å². The Kier molecular flexibility index (Phi) is 5.49. The first-order valence-electron chi connectivity index (χ1n) is 5.43. The number of sulfone groups is 1. The minimum absolute atomic E-state index is 0.142. The highest BCUT2D eigenvalue weighted by atomic mass is 32.2. The van der Waals surface area contributed by atoms with Crippen molar-refractivity contribution in [3.63, 3.8) is 0 Å². The lowest BCUT2D eigenvalue weighted by Gasteiger charge is -2.16. The normalized spacial score (nSPS) is 12.8. The zero-order chi connectivity index (χ0) is 12.1. The van der Waals surface area contributed by atoms with Gasteiger partial charge in [-0.25, -0.2) is 8.42 Å². The molecule has 0 saturated heterocycles. The zero-order valence-corrected chi connectivity index (χ0v) is 11.0. The molecule has 0 aliphatic heterocycles. The standard InChI is InChI=1S/C11H22O3S/c1-5-6-7-8-15(13,14)9-10(12)11(2,3)4/h5-9H2,1-4H3. The van der Waals surface area contributed by atoms with Gasteiger partial charge in [0.1, 0.15) is 5.75 Å². The van der Waals surface area contributed by atoms with E-state index in [4.69, 9.17) is 0 Å². The van der Waals surface area contributed by atoms with Gasteiger partial charge in [0.2, 0.25) is 0 Å². The van der Waals surface area contributed by atoms with Gasteiger partial charge in [-0.05, 0) is 6.42 Å². The third-order valence-corrected chi connectivity index (χ3v) is 3.86. The monoisotopic (exact) mass is 234 g/mol. The van der Waals surface area contributed by atoms with Crippen molar-refractivity contribution < 1.29 is 13.2 Å². The summed E-state index contributed by atoms with van der Waals surface area (Å²) in [5.41, 5.74) is -0.558. The SMILES string of the molecule is CCCCCS(=O)(=O)CC(=O)C(C)(C)C. The van der Waals surface area contributed by atoms with E-state index in [1.807, 2.05) is 6.92 Å². The molecule has 0 N–H and O–H groups in total. The van der Waals surface area contributed by atoms with E-state index in [9.17, 15) is 13.2 Å². The predicted molar refractivity (Wildman–Crippen MR) is 62.6 cm³/mol. The van der Waals surface area contributed by atoms with Crippen molar-refractivity contribution in [2.45, 2.75) is 47.0 Å².